The van der Waals surface area contributed by atoms with Crippen molar-refractivity contribution in [3.8, 4) is 11.1 Å². The molecule has 1 amide bonds. The topological polar surface area (TPSA) is 81.9 Å². The minimum absolute atomic E-state index is 0.164. The van der Waals surface area contributed by atoms with Crippen LogP contribution in [0, 0.1) is 6.92 Å². The van der Waals surface area contributed by atoms with Gasteiger partial charge in [-0.2, -0.15) is 5.10 Å². The van der Waals surface area contributed by atoms with Crippen LogP contribution in [0.1, 0.15) is 21.9 Å². The summed E-state index contributed by atoms with van der Waals surface area (Å²) in [6, 6.07) is 7.46. The predicted octanol–water partition coefficient (Wildman–Crippen LogP) is 2.37. The summed E-state index contributed by atoms with van der Waals surface area (Å²) >= 11 is 6.17. The van der Waals surface area contributed by atoms with E-state index in [9.17, 15) is 4.79 Å². The van der Waals surface area contributed by atoms with E-state index in [2.05, 4.69) is 15.3 Å². The molecule has 4 rings (SSSR count). The third kappa shape index (κ3) is 3.34. The van der Waals surface area contributed by atoms with Crippen molar-refractivity contribution < 1.29 is 14.3 Å². The van der Waals surface area contributed by atoms with Crippen molar-refractivity contribution >= 4 is 23.2 Å². The second-order valence-electron chi connectivity index (χ2n) is 6.54. The van der Waals surface area contributed by atoms with Crippen molar-refractivity contribution in [1.29, 1.82) is 0 Å². The lowest BCUT2D eigenvalue weighted by Crippen LogP contribution is -2.41. The van der Waals surface area contributed by atoms with Gasteiger partial charge in [-0.1, -0.05) is 23.7 Å². The van der Waals surface area contributed by atoms with E-state index in [1.807, 2.05) is 31.2 Å². The fourth-order valence-electron chi connectivity index (χ4n) is 3.34. The van der Waals surface area contributed by atoms with E-state index in [0.29, 0.717) is 60.7 Å². The third-order valence-electron chi connectivity index (χ3n) is 4.73. The molecule has 0 N–H and O–H groups in total. The standard InChI is InChI=1S/C19H20ClN5O3/c1-12-17(19(26)24-6-8-28-9-7-24)21-22-18-16(13-4-3-5-14(20)10-13)15(11-27-2)23-25(12)18/h3-5,10H,6-9,11H2,1-2H3. The summed E-state index contributed by atoms with van der Waals surface area (Å²) < 4.78 is 12.3. The minimum atomic E-state index is -0.164. The van der Waals surface area contributed by atoms with Gasteiger partial charge in [-0.3, -0.25) is 4.79 Å². The SMILES string of the molecule is COCc1nn2c(C)c(C(=O)N3CCOCC3)nnc2c1-c1cccc(Cl)c1. The molecule has 0 saturated carbocycles. The Hall–Kier alpha value is -2.55. The summed E-state index contributed by atoms with van der Waals surface area (Å²) in [5.41, 5.74) is 3.86. The fraction of sp³-hybridized carbons (Fsp3) is 0.368. The Morgan fingerprint density at radius 3 is 2.79 bits per heavy atom. The number of carbonyl (C=O) groups excluding carboxylic acids is 1. The van der Waals surface area contributed by atoms with Gasteiger partial charge in [0.2, 0.25) is 0 Å². The van der Waals surface area contributed by atoms with Crippen LogP contribution in [0.25, 0.3) is 16.8 Å². The van der Waals surface area contributed by atoms with Gasteiger partial charge in [0, 0.05) is 25.2 Å². The molecule has 0 aliphatic carbocycles. The smallest absolute Gasteiger partial charge is 0.276 e. The Balaban J connectivity index is 1.84. The van der Waals surface area contributed by atoms with Gasteiger partial charge < -0.3 is 14.4 Å². The van der Waals surface area contributed by atoms with Gasteiger partial charge in [-0.15, -0.1) is 10.2 Å². The second kappa shape index (κ2) is 7.83. The Labute approximate surface area is 167 Å². The van der Waals surface area contributed by atoms with Crippen molar-refractivity contribution in [2.75, 3.05) is 33.4 Å². The zero-order valence-electron chi connectivity index (χ0n) is 15.7. The highest BCUT2D eigenvalue weighted by Gasteiger charge is 2.25. The zero-order chi connectivity index (χ0) is 19.7. The van der Waals surface area contributed by atoms with Crippen molar-refractivity contribution in [3.05, 3.63) is 46.4 Å². The summed E-state index contributed by atoms with van der Waals surface area (Å²) in [6.45, 7) is 4.26. The molecule has 0 spiro atoms. The summed E-state index contributed by atoms with van der Waals surface area (Å²) in [5, 5.41) is 13.8. The van der Waals surface area contributed by atoms with E-state index in [0.717, 1.165) is 11.1 Å². The summed E-state index contributed by atoms with van der Waals surface area (Å²) in [7, 11) is 1.61. The van der Waals surface area contributed by atoms with E-state index in [1.54, 1.807) is 16.5 Å². The molecule has 0 radical (unpaired) electrons. The first-order valence-corrected chi connectivity index (χ1v) is 9.34. The largest absolute Gasteiger partial charge is 0.378 e. The number of hydrogen-bond acceptors (Lipinski definition) is 6. The van der Waals surface area contributed by atoms with Crippen LogP contribution in [0.5, 0.6) is 0 Å². The fourth-order valence-corrected chi connectivity index (χ4v) is 3.53. The number of carbonyl (C=O) groups is 1. The van der Waals surface area contributed by atoms with Crippen LogP contribution in [-0.2, 0) is 16.1 Å². The van der Waals surface area contributed by atoms with E-state index in [4.69, 9.17) is 21.1 Å². The number of halogens is 1. The number of ether oxygens (including phenoxy) is 2. The molecule has 1 aromatic carbocycles. The summed E-state index contributed by atoms with van der Waals surface area (Å²) in [5.74, 6) is -0.164. The van der Waals surface area contributed by atoms with Gasteiger partial charge in [0.15, 0.2) is 11.3 Å². The van der Waals surface area contributed by atoms with Crippen LogP contribution in [0.2, 0.25) is 5.02 Å². The quantitative estimate of drug-likeness (QED) is 0.667. The predicted molar refractivity (Wildman–Crippen MR) is 103 cm³/mol. The minimum Gasteiger partial charge on any atom is -0.378 e. The Morgan fingerprint density at radius 2 is 2.07 bits per heavy atom. The number of amides is 1. The molecule has 1 aliphatic heterocycles. The van der Waals surface area contributed by atoms with E-state index in [-0.39, 0.29) is 5.91 Å². The molecule has 9 heteroatoms. The molecule has 3 heterocycles. The molecule has 8 nitrogen and oxygen atoms in total. The van der Waals surface area contributed by atoms with Gasteiger partial charge in [-0.05, 0) is 24.6 Å². The van der Waals surface area contributed by atoms with Crippen molar-refractivity contribution in [1.82, 2.24) is 24.7 Å². The number of nitrogens with zero attached hydrogens (tertiary/aromatic N) is 5. The molecule has 0 atom stereocenters. The normalized spacial score (nSPS) is 14.6. The summed E-state index contributed by atoms with van der Waals surface area (Å²) in [4.78, 5) is 14.6. The molecule has 3 aromatic rings. The first kappa shape index (κ1) is 18.8. The zero-order valence-corrected chi connectivity index (χ0v) is 16.4. The van der Waals surface area contributed by atoms with Crippen LogP contribution < -0.4 is 0 Å². The van der Waals surface area contributed by atoms with Crippen LogP contribution in [0.4, 0.5) is 0 Å². The van der Waals surface area contributed by atoms with E-state index >= 15 is 0 Å². The maximum absolute atomic E-state index is 12.9. The van der Waals surface area contributed by atoms with E-state index in [1.165, 1.54) is 0 Å². The monoisotopic (exact) mass is 401 g/mol. The lowest BCUT2D eigenvalue weighted by molar-refractivity contribution is 0.0297. The number of benzene rings is 1. The van der Waals surface area contributed by atoms with Crippen LogP contribution in [0.3, 0.4) is 0 Å². The number of morpholine rings is 1. The number of hydrogen-bond donors (Lipinski definition) is 0. The molecule has 1 saturated heterocycles. The van der Waals surface area contributed by atoms with E-state index < -0.39 is 0 Å². The Kier molecular flexibility index (Phi) is 5.25. The maximum Gasteiger partial charge on any atom is 0.276 e. The highest BCUT2D eigenvalue weighted by Crippen LogP contribution is 2.30. The average molecular weight is 402 g/mol. The molecule has 146 valence electrons. The first-order valence-electron chi connectivity index (χ1n) is 8.97. The van der Waals surface area contributed by atoms with Crippen LogP contribution >= 0.6 is 11.6 Å². The molecule has 1 fully saturated rings. The Morgan fingerprint density at radius 1 is 1.29 bits per heavy atom. The molecule has 1 aliphatic rings. The summed E-state index contributed by atoms with van der Waals surface area (Å²) in [6.07, 6.45) is 0. The number of aryl methyl sites for hydroxylation is 1. The maximum atomic E-state index is 12.9. The average Bonchev–Trinajstić information content (AvgIpc) is 3.08. The molecule has 28 heavy (non-hydrogen) atoms. The molecule has 2 aromatic heterocycles. The molecular formula is C19H20ClN5O3. The number of aromatic nitrogens is 4. The van der Waals surface area contributed by atoms with Gasteiger partial charge in [0.05, 0.1) is 36.8 Å². The Bertz CT molecular complexity index is 1030. The molecule has 0 bridgehead atoms. The van der Waals surface area contributed by atoms with Crippen molar-refractivity contribution in [2.45, 2.75) is 13.5 Å². The van der Waals surface area contributed by atoms with Gasteiger partial charge in [-0.25, -0.2) is 4.52 Å². The second-order valence-corrected chi connectivity index (χ2v) is 6.98. The van der Waals surface area contributed by atoms with Gasteiger partial charge in [0.25, 0.3) is 5.91 Å². The number of fused-ring (bicyclic) bond motifs is 1. The van der Waals surface area contributed by atoms with Crippen LogP contribution in [0.15, 0.2) is 24.3 Å². The number of rotatable bonds is 4. The number of methoxy groups -OCH3 is 1. The molecular weight excluding hydrogens is 382 g/mol. The van der Waals surface area contributed by atoms with Gasteiger partial charge >= 0.3 is 0 Å². The van der Waals surface area contributed by atoms with Crippen LogP contribution in [-0.4, -0.2) is 64.0 Å². The third-order valence-corrected chi connectivity index (χ3v) is 4.97. The highest BCUT2D eigenvalue weighted by atomic mass is 35.5. The lowest BCUT2D eigenvalue weighted by Gasteiger charge is -2.26. The molecule has 0 unspecified atom stereocenters. The lowest BCUT2D eigenvalue weighted by atomic mass is 10.1. The van der Waals surface area contributed by atoms with Gasteiger partial charge in [0.1, 0.15) is 0 Å². The highest BCUT2D eigenvalue weighted by molar-refractivity contribution is 6.30. The first-order chi connectivity index (χ1) is 13.6. The van der Waals surface area contributed by atoms with Crippen molar-refractivity contribution in [3.63, 3.8) is 0 Å². The van der Waals surface area contributed by atoms with Crippen molar-refractivity contribution in [2.24, 2.45) is 0 Å².